The molecule has 0 saturated carbocycles. The van der Waals surface area contributed by atoms with E-state index in [2.05, 4.69) is 44.4 Å². The van der Waals surface area contributed by atoms with Crippen LogP contribution in [0.15, 0.2) is 18.2 Å². The second-order valence-electron chi connectivity index (χ2n) is 4.19. The summed E-state index contributed by atoms with van der Waals surface area (Å²) in [4.78, 5) is 0. The van der Waals surface area contributed by atoms with Crippen LogP contribution in [0.2, 0.25) is 0 Å². The monoisotopic (exact) mass is 233 g/mol. The fraction of sp³-hybridized carbons (Fsp3) is 0.500. The van der Waals surface area contributed by atoms with Gasteiger partial charge in [-0.15, -0.1) is 0 Å². The molecule has 1 nitrogen and oxygen atoms in total. The smallest absolute Gasteiger partial charge is 0.133 e. The van der Waals surface area contributed by atoms with Crippen molar-refractivity contribution in [1.82, 2.24) is 0 Å². The molecule has 16 heavy (non-hydrogen) atoms. The maximum absolute atomic E-state index is 8.53. The van der Waals surface area contributed by atoms with Gasteiger partial charge in [0.2, 0.25) is 0 Å². The van der Waals surface area contributed by atoms with Gasteiger partial charge >= 0.3 is 0 Å². The molecule has 0 heterocycles. The Bertz CT molecular complexity index is 379. The predicted octanol–water partition coefficient (Wildman–Crippen LogP) is 4.40. The quantitative estimate of drug-likeness (QED) is 0.556. The van der Waals surface area contributed by atoms with Gasteiger partial charge in [-0.05, 0) is 55.5 Å². The van der Waals surface area contributed by atoms with Crippen molar-refractivity contribution in [2.24, 2.45) is 0 Å². The van der Waals surface area contributed by atoms with Crippen LogP contribution in [0.5, 0.6) is 0 Å². The zero-order valence-electron chi connectivity index (χ0n) is 10.3. The fourth-order valence-corrected chi connectivity index (χ4v) is 2.60. The molecule has 1 atom stereocenters. The molecule has 0 N–H and O–H groups in total. The Kier molecular flexibility index (Phi) is 5.42. The first-order chi connectivity index (χ1) is 7.69. The molecule has 0 aliphatic heterocycles. The first-order valence-electron chi connectivity index (χ1n) is 5.77. The van der Waals surface area contributed by atoms with E-state index >= 15 is 0 Å². The normalized spacial score (nSPS) is 12.1. The van der Waals surface area contributed by atoms with Gasteiger partial charge in [-0.25, -0.2) is 0 Å². The van der Waals surface area contributed by atoms with Crippen LogP contribution in [-0.4, -0.2) is 5.75 Å². The van der Waals surface area contributed by atoms with Gasteiger partial charge in [0.15, 0.2) is 0 Å². The van der Waals surface area contributed by atoms with E-state index in [4.69, 9.17) is 5.26 Å². The topological polar surface area (TPSA) is 23.8 Å². The number of thioether (sulfide) groups is 1. The highest BCUT2D eigenvalue weighted by Crippen LogP contribution is 2.28. The highest BCUT2D eigenvalue weighted by Gasteiger charge is 2.11. The van der Waals surface area contributed by atoms with Gasteiger partial charge in [0.25, 0.3) is 0 Å². The SMILES string of the molecule is CCC(CCSC#N)c1ccc(C)cc1C. The van der Waals surface area contributed by atoms with Gasteiger partial charge in [0.05, 0.1) is 0 Å². The summed E-state index contributed by atoms with van der Waals surface area (Å²) in [6.45, 7) is 6.53. The Morgan fingerprint density at radius 3 is 2.69 bits per heavy atom. The van der Waals surface area contributed by atoms with Crippen molar-refractivity contribution < 1.29 is 0 Å². The molecule has 0 aliphatic carbocycles. The van der Waals surface area contributed by atoms with E-state index < -0.39 is 0 Å². The average Bonchev–Trinajstić information content (AvgIpc) is 2.26. The zero-order valence-corrected chi connectivity index (χ0v) is 11.1. The number of hydrogen-bond donors (Lipinski definition) is 0. The minimum absolute atomic E-state index is 0.599. The number of hydrogen-bond acceptors (Lipinski definition) is 2. The third-order valence-corrected chi connectivity index (χ3v) is 3.56. The maximum Gasteiger partial charge on any atom is 0.133 e. The van der Waals surface area contributed by atoms with E-state index in [9.17, 15) is 0 Å². The van der Waals surface area contributed by atoms with Crippen LogP contribution in [0, 0.1) is 24.5 Å². The third-order valence-electron chi connectivity index (χ3n) is 2.99. The van der Waals surface area contributed by atoms with Crippen LogP contribution in [0.25, 0.3) is 0 Å². The molecule has 1 rings (SSSR count). The van der Waals surface area contributed by atoms with Crippen molar-refractivity contribution in [2.45, 2.75) is 39.5 Å². The van der Waals surface area contributed by atoms with Gasteiger partial charge in [-0.1, -0.05) is 30.7 Å². The molecule has 86 valence electrons. The average molecular weight is 233 g/mol. The predicted molar refractivity (Wildman–Crippen MR) is 71.6 cm³/mol. The van der Waals surface area contributed by atoms with Gasteiger partial charge in [-0.3, -0.25) is 0 Å². The minimum Gasteiger partial charge on any atom is -0.185 e. The molecule has 1 unspecified atom stereocenters. The van der Waals surface area contributed by atoms with Crippen LogP contribution in [0.4, 0.5) is 0 Å². The van der Waals surface area contributed by atoms with Crippen LogP contribution in [0.1, 0.15) is 42.4 Å². The number of thiocyanates is 1. The van der Waals surface area contributed by atoms with Crippen LogP contribution in [0.3, 0.4) is 0 Å². The fourth-order valence-electron chi connectivity index (χ4n) is 2.11. The first-order valence-corrected chi connectivity index (χ1v) is 6.75. The summed E-state index contributed by atoms with van der Waals surface area (Å²) < 4.78 is 0. The van der Waals surface area contributed by atoms with Crippen LogP contribution >= 0.6 is 11.8 Å². The van der Waals surface area contributed by atoms with Gasteiger partial charge < -0.3 is 0 Å². The van der Waals surface area contributed by atoms with Crippen molar-refractivity contribution in [2.75, 3.05) is 5.75 Å². The molecule has 0 bridgehead atoms. The molecule has 1 aromatic rings. The maximum atomic E-state index is 8.53. The largest absolute Gasteiger partial charge is 0.185 e. The number of nitrogens with zero attached hydrogens (tertiary/aromatic N) is 1. The Morgan fingerprint density at radius 1 is 1.38 bits per heavy atom. The summed E-state index contributed by atoms with van der Waals surface area (Å²) in [6, 6.07) is 6.67. The summed E-state index contributed by atoms with van der Waals surface area (Å²) in [7, 11) is 0. The molecule has 0 radical (unpaired) electrons. The Labute approximate surface area is 103 Å². The molecular weight excluding hydrogens is 214 g/mol. The second-order valence-corrected chi connectivity index (χ2v) is 5.07. The first kappa shape index (κ1) is 13.1. The van der Waals surface area contributed by atoms with E-state index in [1.807, 2.05) is 0 Å². The number of nitriles is 1. The van der Waals surface area contributed by atoms with Crippen LogP contribution in [-0.2, 0) is 0 Å². The number of benzene rings is 1. The van der Waals surface area contributed by atoms with E-state index in [0.29, 0.717) is 5.92 Å². The van der Waals surface area contributed by atoms with Crippen molar-refractivity contribution >= 4 is 11.8 Å². The van der Waals surface area contributed by atoms with E-state index in [1.54, 1.807) is 0 Å². The molecule has 0 aliphatic rings. The third kappa shape index (κ3) is 3.57. The van der Waals surface area contributed by atoms with Crippen molar-refractivity contribution in [1.29, 1.82) is 5.26 Å². The molecule has 0 spiro atoms. The van der Waals surface area contributed by atoms with E-state index in [1.165, 1.54) is 28.5 Å². The summed E-state index contributed by atoms with van der Waals surface area (Å²) in [5.74, 6) is 1.53. The molecule has 0 amide bonds. The van der Waals surface area contributed by atoms with Crippen LogP contribution < -0.4 is 0 Å². The Morgan fingerprint density at radius 2 is 2.12 bits per heavy atom. The van der Waals surface area contributed by atoms with Crippen molar-refractivity contribution in [3.8, 4) is 5.40 Å². The van der Waals surface area contributed by atoms with Gasteiger partial charge in [-0.2, -0.15) is 5.26 Å². The standard InChI is InChI=1S/C14H19NS/c1-4-13(7-8-16-10-15)14-6-5-11(2)9-12(14)3/h5-6,9,13H,4,7-8H2,1-3H3. The molecular formula is C14H19NS. The zero-order chi connectivity index (χ0) is 12.0. The Balaban J connectivity index is 2.75. The van der Waals surface area contributed by atoms with Crippen molar-refractivity contribution in [3.63, 3.8) is 0 Å². The Hall–Kier alpha value is -0.940. The molecule has 1 aromatic carbocycles. The molecule has 0 fully saturated rings. The highest BCUT2D eigenvalue weighted by molar-refractivity contribution is 8.03. The number of aryl methyl sites for hydroxylation is 2. The summed E-state index contributed by atoms with van der Waals surface area (Å²) in [5.41, 5.74) is 4.16. The van der Waals surface area contributed by atoms with E-state index in [0.717, 1.165) is 18.6 Å². The summed E-state index contributed by atoms with van der Waals surface area (Å²) >= 11 is 1.36. The number of rotatable bonds is 5. The molecule has 2 heteroatoms. The second kappa shape index (κ2) is 6.60. The van der Waals surface area contributed by atoms with Gasteiger partial charge in [0.1, 0.15) is 5.40 Å². The lowest BCUT2D eigenvalue weighted by atomic mass is 9.90. The molecule has 0 aromatic heterocycles. The summed E-state index contributed by atoms with van der Waals surface area (Å²) in [5, 5.41) is 10.7. The lowest BCUT2D eigenvalue weighted by Gasteiger charge is -2.17. The molecule has 0 saturated heterocycles. The minimum atomic E-state index is 0.599. The highest BCUT2D eigenvalue weighted by atomic mass is 32.2. The summed E-state index contributed by atoms with van der Waals surface area (Å²) in [6.07, 6.45) is 2.24. The van der Waals surface area contributed by atoms with Gasteiger partial charge in [0, 0.05) is 5.75 Å². The lowest BCUT2D eigenvalue weighted by molar-refractivity contribution is 0.643. The lowest BCUT2D eigenvalue weighted by Crippen LogP contribution is -2.01. The van der Waals surface area contributed by atoms with Crippen molar-refractivity contribution in [3.05, 3.63) is 34.9 Å². The van der Waals surface area contributed by atoms with E-state index in [-0.39, 0.29) is 0 Å².